The lowest BCUT2D eigenvalue weighted by Crippen LogP contribution is -2.28. The van der Waals surface area contributed by atoms with Crippen molar-refractivity contribution < 1.29 is 75.9 Å². The van der Waals surface area contributed by atoms with Gasteiger partial charge in [0, 0.05) is 56.3 Å². The average molecular weight is 737 g/mol. The molecule has 0 aromatic heterocycles. The van der Waals surface area contributed by atoms with Gasteiger partial charge in [-0.05, 0) is 52.5 Å². The lowest BCUT2D eigenvalue weighted by molar-refractivity contribution is -0.140. The van der Waals surface area contributed by atoms with Crippen molar-refractivity contribution in [2.24, 2.45) is 0 Å². The van der Waals surface area contributed by atoms with Crippen molar-refractivity contribution in [3.63, 3.8) is 0 Å². The van der Waals surface area contributed by atoms with Crippen molar-refractivity contribution in [1.29, 1.82) is 0 Å². The molecular formula is C27H48N2O15S3. The molecule has 2 rings (SSSR count). The van der Waals surface area contributed by atoms with E-state index >= 15 is 0 Å². The molecule has 0 bridgehead atoms. The Labute approximate surface area is 282 Å². The highest BCUT2D eigenvalue weighted by molar-refractivity contribution is 7.98. The number of hydrogen-bond acceptors (Lipinski definition) is 16. The highest BCUT2D eigenvalue weighted by Gasteiger charge is 2.37. The van der Waals surface area contributed by atoms with E-state index in [-0.39, 0.29) is 41.7 Å². The van der Waals surface area contributed by atoms with E-state index in [0.29, 0.717) is 6.42 Å². The van der Waals surface area contributed by atoms with Gasteiger partial charge in [-0.3, -0.25) is 28.2 Å². The lowest BCUT2D eigenvalue weighted by atomic mass is 10.1. The number of sulfone groups is 1. The fourth-order valence-corrected chi connectivity index (χ4v) is 3.29. The molecule has 0 amide bonds. The molecule has 0 spiro atoms. The van der Waals surface area contributed by atoms with E-state index in [4.69, 9.17) is 15.7 Å². The molecular weight excluding hydrogens is 688 g/mol. The molecule has 274 valence electrons. The summed E-state index contributed by atoms with van der Waals surface area (Å²) in [6.45, 7) is 10.9. The lowest BCUT2D eigenvalue weighted by Gasteiger charge is -2.05. The summed E-state index contributed by atoms with van der Waals surface area (Å²) in [7, 11) is -4.24. The number of nitrogens with zero attached hydrogens (tertiary/aromatic N) is 2. The highest BCUT2D eigenvalue weighted by Crippen LogP contribution is 2.26. The van der Waals surface area contributed by atoms with E-state index in [2.05, 4.69) is 24.3 Å². The van der Waals surface area contributed by atoms with E-state index in [9.17, 15) is 41.4 Å². The molecule has 17 nitrogen and oxygen atoms in total. The fraction of sp³-hybridized carbons (Fsp3) is 0.741. The SMILES string of the molecule is CC(=O)C(=O)C(O)CCS(C)(=O)=O.CC(=O)C(=O)C(O)CCS(C)=O.CC(=O)C=[N+]=[N-].CC1(C)OO1.CC1(C)OO1.CSCCC=O. The molecule has 2 N–H and O–H groups in total. The topological polar surface area (TPSA) is 281 Å². The number of carbonyl (C=O) groups is 6. The van der Waals surface area contributed by atoms with Crippen molar-refractivity contribution in [3.8, 4) is 0 Å². The molecule has 0 saturated carbocycles. The second-order valence-electron chi connectivity index (χ2n) is 10.3. The van der Waals surface area contributed by atoms with Gasteiger partial charge < -0.3 is 20.5 Å². The number of ketones is 5. The van der Waals surface area contributed by atoms with Gasteiger partial charge in [-0.25, -0.2) is 8.42 Å². The third-order valence-corrected chi connectivity index (χ3v) is 6.68. The molecule has 0 aromatic carbocycles. The predicted octanol–water partition coefficient (Wildman–Crippen LogP) is 0.397. The maximum absolute atomic E-state index is 10.8. The third-order valence-electron chi connectivity index (χ3n) is 4.25. The first kappa shape index (κ1) is 51.4. The van der Waals surface area contributed by atoms with Gasteiger partial charge in [0.1, 0.15) is 28.3 Å². The minimum atomic E-state index is -3.20. The maximum Gasteiger partial charge on any atom is 0.322 e. The second kappa shape index (κ2) is 27.5. The summed E-state index contributed by atoms with van der Waals surface area (Å²) in [6.07, 6.45) is 4.02. The van der Waals surface area contributed by atoms with Crippen molar-refractivity contribution in [2.45, 2.75) is 91.5 Å². The van der Waals surface area contributed by atoms with Crippen LogP contribution in [0.4, 0.5) is 0 Å². The van der Waals surface area contributed by atoms with Crippen LogP contribution in [0.25, 0.3) is 5.53 Å². The molecule has 2 aliphatic heterocycles. The van der Waals surface area contributed by atoms with Gasteiger partial charge in [-0.1, -0.05) is 0 Å². The molecule has 0 aromatic rings. The summed E-state index contributed by atoms with van der Waals surface area (Å²) in [5.74, 6) is -3.02. The average Bonchev–Trinajstić information content (AvgIpc) is 3.86. The quantitative estimate of drug-likeness (QED) is 0.0357. The number of aliphatic hydroxyl groups is 2. The number of aldehydes is 1. The molecule has 3 atom stereocenters. The summed E-state index contributed by atoms with van der Waals surface area (Å²) in [6, 6.07) is 0. The molecule has 0 aliphatic carbocycles. The van der Waals surface area contributed by atoms with E-state index < -0.39 is 56.0 Å². The largest absolute Gasteiger partial charge is 0.385 e. The Balaban J connectivity index is -0.000000247. The molecule has 20 heteroatoms. The molecule has 3 unspecified atom stereocenters. The van der Waals surface area contributed by atoms with Gasteiger partial charge in [0.25, 0.3) is 0 Å². The summed E-state index contributed by atoms with van der Waals surface area (Å²) in [4.78, 5) is 81.7. The molecule has 2 aliphatic rings. The number of carbonyl (C=O) groups excluding carboxylic acids is 6. The zero-order chi connectivity index (χ0) is 38.0. The Bertz CT molecular complexity index is 1150. The number of aliphatic hydroxyl groups excluding tert-OH is 2. The fourth-order valence-electron chi connectivity index (χ4n) is 1.75. The summed E-state index contributed by atoms with van der Waals surface area (Å²) in [5, 5.41) is 18.0. The van der Waals surface area contributed by atoms with Gasteiger partial charge >= 0.3 is 6.21 Å². The zero-order valence-corrected chi connectivity index (χ0v) is 30.8. The minimum absolute atomic E-state index is 0.0848. The van der Waals surface area contributed by atoms with Gasteiger partial charge in [0.05, 0.1) is 5.75 Å². The van der Waals surface area contributed by atoms with E-state index in [1.54, 1.807) is 11.8 Å². The van der Waals surface area contributed by atoms with Gasteiger partial charge in [0.2, 0.25) is 28.9 Å². The van der Waals surface area contributed by atoms with Crippen LogP contribution in [-0.2, 0) is 69.0 Å². The van der Waals surface area contributed by atoms with E-state index in [0.717, 1.165) is 38.4 Å². The van der Waals surface area contributed by atoms with Gasteiger partial charge in [-0.15, -0.1) is 0 Å². The first-order valence-corrected chi connectivity index (χ1v) is 18.7. The van der Waals surface area contributed by atoms with Crippen LogP contribution in [0.15, 0.2) is 0 Å². The van der Waals surface area contributed by atoms with E-state index in [1.807, 2.05) is 34.0 Å². The van der Waals surface area contributed by atoms with Crippen molar-refractivity contribution in [2.75, 3.05) is 36.0 Å². The standard InChI is InChI=1S/C7H12O5S.C7H12O4S.C4H8OS.C3H4N2O.2C3H6O2/c1-5(8)7(10)6(9)3-4-13(2,11)12;1-5(8)7(10)6(9)3-4-12(2)11;1-6-4-2-3-5;1-3(6)2-5-4;2*1-3(2)4-5-3/h6,9H,3-4H2,1-2H3;6,9H,3-4H2,1-2H3;3H,2,4H2,1H3;2H,1H3;2*1-2H3. The van der Waals surface area contributed by atoms with Crippen LogP contribution in [-0.4, -0.2) is 129 Å². The smallest absolute Gasteiger partial charge is 0.322 e. The number of rotatable bonds is 14. The van der Waals surface area contributed by atoms with Crippen LogP contribution < -0.4 is 0 Å². The summed E-state index contributed by atoms with van der Waals surface area (Å²) < 4.78 is 31.8. The molecule has 47 heavy (non-hydrogen) atoms. The van der Waals surface area contributed by atoms with Gasteiger partial charge in [0.15, 0.2) is 11.6 Å². The molecule has 0 radical (unpaired) electrons. The Hall–Kier alpha value is -2.39. The Morgan fingerprint density at radius 3 is 1.43 bits per heavy atom. The molecule has 2 heterocycles. The second-order valence-corrected chi connectivity index (χ2v) is 15.1. The van der Waals surface area contributed by atoms with Crippen molar-refractivity contribution in [3.05, 3.63) is 5.53 Å². The molecule has 2 fully saturated rings. The highest BCUT2D eigenvalue weighted by atomic mass is 32.2. The zero-order valence-electron chi connectivity index (χ0n) is 28.4. The normalized spacial score (nSPS) is 15.9. The Morgan fingerprint density at radius 2 is 1.26 bits per heavy atom. The number of hydrogen-bond donors (Lipinski definition) is 2. The van der Waals surface area contributed by atoms with Crippen LogP contribution in [0.5, 0.6) is 0 Å². The number of thioether (sulfide) groups is 1. The maximum atomic E-state index is 10.8. The minimum Gasteiger partial charge on any atom is -0.385 e. The monoisotopic (exact) mass is 736 g/mol. The number of Topliss-reactive ketones (excluding diaryl/α,β-unsaturated/α-hetero) is 5. The summed E-state index contributed by atoms with van der Waals surface area (Å²) in [5.41, 5.74) is 7.59. The Morgan fingerprint density at radius 1 is 0.894 bits per heavy atom. The Kier molecular flexibility index (Phi) is 30.2. The van der Waals surface area contributed by atoms with Crippen LogP contribution in [0, 0.1) is 0 Å². The summed E-state index contributed by atoms with van der Waals surface area (Å²) >= 11 is 1.69. The van der Waals surface area contributed by atoms with Crippen LogP contribution in [0.2, 0.25) is 0 Å². The van der Waals surface area contributed by atoms with Gasteiger partial charge in [-0.2, -0.15) is 36.1 Å². The molecule has 2 saturated heterocycles. The van der Waals surface area contributed by atoms with Crippen molar-refractivity contribution >= 4 is 73.8 Å². The van der Waals surface area contributed by atoms with E-state index in [1.165, 1.54) is 13.2 Å². The predicted molar refractivity (Wildman–Crippen MR) is 173 cm³/mol. The van der Waals surface area contributed by atoms with Crippen molar-refractivity contribution in [1.82, 2.24) is 0 Å². The first-order valence-electron chi connectivity index (χ1n) is 13.6. The third kappa shape index (κ3) is 45.8. The first-order chi connectivity index (χ1) is 21.3. The van der Waals surface area contributed by atoms with Crippen LogP contribution in [0.1, 0.15) is 67.7 Å². The van der Waals surface area contributed by atoms with Crippen LogP contribution in [0.3, 0.4) is 0 Å². The van der Waals surface area contributed by atoms with Crippen LogP contribution >= 0.6 is 11.8 Å².